The first kappa shape index (κ1) is 43.2. The molecule has 7 atom stereocenters. The van der Waals surface area contributed by atoms with Crippen LogP contribution in [0.15, 0.2) is 0 Å². The van der Waals surface area contributed by atoms with Gasteiger partial charge in [-0.25, -0.2) is 9.46 Å². The van der Waals surface area contributed by atoms with E-state index in [2.05, 4.69) is 83.3 Å². The van der Waals surface area contributed by atoms with Crippen LogP contribution < -0.4 is 5.32 Å². The van der Waals surface area contributed by atoms with Crippen LogP contribution in [0.2, 0.25) is 11.1 Å². The average Bonchev–Trinajstić information content (AvgIpc) is 3.54. The van der Waals surface area contributed by atoms with Gasteiger partial charge in [-0.3, -0.25) is 0 Å². The number of nitriles is 1. The maximum Gasteiger partial charge on any atom is 0.407 e. The molecule has 0 bridgehead atoms. The van der Waals surface area contributed by atoms with Crippen LogP contribution in [0.3, 0.4) is 0 Å². The molecule has 282 valence electrons. The van der Waals surface area contributed by atoms with Crippen LogP contribution in [0.25, 0.3) is 0 Å². The van der Waals surface area contributed by atoms with Gasteiger partial charge < -0.3 is 32.7 Å². The van der Waals surface area contributed by atoms with Crippen molar-refractivity contribution in [3.8, 4) is 17.9 Å². The molecule has 10 nitrogen and oxygen atoms in total. The number of carbonyl (C=O) groups is 1. The van der Waals surface area contributed by atoms with Gasteiger partial charge in [-0.1, -0.05) is 40.5 Å². The van der Waals surface area contributed by atoms with Crippen LogP contribution in [-0.4, -0.2) is 90.4 Å². The minimum absolute atomic E-state index is 0.198. The molecule has 2 aliphatic carbocycles. The van der Waals surface area contributed by atoms with Crippen molar-refractivity contribution < 1.29 is 32.2 Å². The number of unbranched alkanes of at least 4 members (excludes halogenated alkanes) is 3. The number of alkyl carbamates (subject to hydrolysis) is 1. The summed E-state index contributed by atoms with van der Waals surface area (Å²) < 4.78 is 40.2. The van der Waals surface area contributed by atoms with E-state index >= 15 is 0 Å². The molecule has 1 saturated carbocycles. The third kappa shape index (κ3) is 13.3. The highest BCUT2D eigenvalue weighted by Crippen LogP contribution is 2.52. The van der Waals surface area contributed by atoms with Crippen molar-refractivity contribution in [2.75, 3.05) is 33.0 Å². The normalized spacial score (nSPS) is 25.6. The highest BCUT2D eigenvalue weighted by molar-refractivity contribution is 7.44. The summed E-state index contributed by atoms with van der Waals surface area (Å²) in [5.41, 5.74) is 0.468. The molecule has 0 aromatic carbocycles. The number of hydrogen-bond donors (Lipinski definition) is 1. The van der Waals surface area contributed by atoms with Gasteiger partial charge in [0.15, 0.2) is 0 Å². The fourth-order valence-corrected chi connectivity index (χ4v) is 12.9. The second kappa shape index (κ2) is 22.1. The standard InChI is InChI=1S/C37H65BN3O7PSi/c1-27(2)41(28(3)4)49(44-22-17-20-39)48-34-24-36(38)47-35(34)26-46-50(29(5)6,30(7)8)45-23-16-12-11-15-21-40-37(42)43-25-33-31-18-13-9-10-14-19-32(31)33/h27-36H,11-19,21-26H2,1-8H3,(H,40,42)/t31-,32+,33?,34-,35-,36-,49?/m1/s1. The van der Waals surface area contributed by atoms with Crippen LogP contribution in [0, 0.1) is 40.9 Å². The van der Waals surface area contributed by atoms with Crippen LogP contribution in [0.1, 0.15) is 120 Å². The first-order chi connectivity index (χ1) is 23.9. The minimum Gasteiger partial charge on any atom is -0.449 e. The lowest BCUT2D eigenvalue weighted by Gasteiger charge is -2.39. The smallest absolute Gasteiger partial charge is 0.407 e. The molecule has 1 amide bonds. The van der Waals surface area contributed by atoms with Crippen LogP contribution >= 0.6 is 8.53 Å². The molecule has 2 radical (unpaired) electrons. The van der Waals surface area contributed by atoms with Crippen molar-refractivity contribution in [1.82, 2.24) is 9.99 Å². The van der Waals surface area contributed by atoms with E-state index in [1.807, 2.05) is 0 Å². The quantitative estimate of drug-likeness (QED) is 0.0484. The fourth-order valence-electron chi connectivity index (χ4n) is 7.51. The van der Waals surface area contributed by atoms with E-state index in [0.717, 1.165) is 51.4 Å². The van der Waals surface area contributed by atoms with E-state index in [9.17, 15) is 4.79 Å². The van der Waals surface area contributed by atoms with Crippen molar-refractivity contribution in [3.63, 3.8) is 0 Å². The lowest BCUT2D eigenvalue weighted by Crippen LogP contribution is -2.50. The van der Waals surface area contributed by atoms with Crippen molar-refractivity contribution in [1.29, 1.82) is 5.26 Å². The van der Waals surface area contributed by atoms with Gasteiger partial charge in [0.25, 0.3) is 8.53 Å². The van der Waals surface area contributed by atoms with Gasteiger partial charge in [0.05, 0.1) is 38.4 Å². The number of nitrogens with zero attached hydrogens (tertiary/aromatic N) is 2. The first-order valence-corrected chi connectivity index (χ1v) is 22.3. The summed E-state index contributed by atoms with van der Waals surface area (Å²) in [6.45, 7) is 19.7. The van der Waals surface area contributed by atoms with Gasteiger partial charge >= 0.3 is 14.7 Å². The van der Waals surface area contributed by atoms with Gasteiger partial charge in [0, 0.05) is 44.1 Å². The SMILES string of the molecule is [B][C@H]1C[C@@H](OP(OCCC#N)N(C(C)C)C(C)C)[C@@H](CO[Si](OCCCCCCNC(=O)OCC2[C@H]3CCC#CCC[C@@H]23)(C(C)C)C(C)C)O1. The Morgan fingerprint density at radius 1 is 0.960 bits per heavy atom. The van der Waals surface area contributed by atoms with E-state index < -0.39 is 23.1 Å². The van der Waals surface area contributed by atoms with Crippen molar-refractivity contribution >= 4 is 31.0 Å². The molecule has 3 rings (SSSR count). The summed E-state index contributed by atoms with van der Waals surface area (Å²) in [4.78, 5) is 12.2. The van der Waals surface area contributed by atoms with Gasteiger partial charge in [-0.05, 0) is 88.6 Å². The Labute approximate surface area is 307 Å². The molecule has 3 aliphatic rings. The predicted octanol–water partition coefficient (Wildman–Crippen LogP) is 7.95. The van der Waals surface area contributed by atoms with Gasteiger partial charge in [-0.15, -0.1) is 11.8 Å². The van der Waals surface area contributed by atoms with Crippen molar-refractivity contribution in [2.24, 2.45) is 17.8 Å². The zero-order valence-corrected chi connectivity index (χ0v) is 34.1. The lowest BCUT2D eigenvalue weighted by atomic mass is 9.96. The molecule has 1 N–H and O–H groups in total. The zero-order chi connectivity index (χ0) is 36.7. The third-order valence-electron chi connectivity index (χ3n) is 10.1. The molecule has 13 heteroatoms. The number of hydrogen-bond acceptors (Lipinski definition) is 9. The topological polar surface area (TPSA) is 112 Å². The largest absolute Gasteiger partial charge is 0.449 e. The molecular weight excluding hydrogens is 668 g/mol. The molecular formula is C37H65BN3O7PSi. The summed E-state index contributed by atoms with van der Waals surface area (Å²) in [6, 6.07) is 2.11. The maximum atomic E-state index is 12.2. The molecule has 2 unspecified atom stereocenters. The molecule has 1 heterocycles. The zero-order valence-electron chi connectivity index (χ0n) is 32.2. The van der Waals surface area contributed by atoms with Crippen LogP contribution in [0.5, 0.6) is 0 Å². The Morgan fingerprint density at radius 2 is 1.60 bits per heavy atom. The first-order valence-electron chi connectivity index (χ1n) is 19.2. The maximum absolute atomic E-state index is 12.2. The minimum atomic E-state index is -2.64. The van der Waals surface area contributed by atoms with Gasteiger partial charge in [-0.2, -0.15) is 5.26 Å². The fraction of sp³-hybridized carbons (Fsp3) is 0.892. The summed E-state index contributed by atoms with van der Waals surface area (Å²) in [5.74, 6) is 8.34. The van der Waals surface area contributed by atoms with Gasteiger partial charge in [0.2, 0.25) is 0 Å². The van der Waals surface area contributed by atoms with E-state index in [1.165, 1.54) is 0 Å². The molecule has 1 aliphatic heterocycles. The molecule has 0 aromatic rings. The number of rotatable bonds is 23. The predicted molar refractivity (Wildman–Crippen MR) is 202 cm³/mol. The number of amides is 1. The van der Waals surface area contributed by atoms with Gasteiger partial charge in [0.1, 0.15) is 14.0 Å². The highest BCUT2D eigenvalue weighted by atomic mass is 31.2. The van der Waals surface area contributed by atoms with Crippen molar-refractivity contribution in [2.45, 2.75) is 161 Å². The summed E-state index contributed by atoms with van der Waals surface area (Å²) in [5, 5.41) is 12.0. The Kier molecular flexibility index (Phi) is 19.1. The second-order valence-corrected chi connectivity index (χ2v) is 20.9. The van der Waals surface area contributed by atoms with Crippen LogP contribution in [0.4, 0.5) is 4.79 Å². The Hall–Kier alpha value is -1.21. The number of nitrogens with one attached hydrogen (secondary N) is 1. The number of carbonyl (C=O) groups excluding carboxylic acids is 1. The monoisotopic (exact) mass is 733 g/mol. The Morgan fingerprint density at radius 3 is 2.20 bits per heavy atom. The summed E-state index contributed by atoms with van der Waals surface area (Å²) >= 11 is 0. The van der Waals surface area contributed by atoms with E-state index in [0.29, 0.717) is 63.6 Å². The third-order valence-corrected chi connectivity index (χ3v) is 16.8. The summed E-state index contributed by atoms with van der Waals surface area (Å²) in [7, 11) is 2.22. The van der Waals surface area contributed by atoms with E-state index in [1.54, 1.807) is 0 Å². The molecule has 0 spiro atoms. The number of ether oxygens (including phenoxy) is 2. The van der Waals surface area contributed by atoms with E-state index in [-0.39, 0.29) is 41.5 Å². The molecule has 2 fully saturated rings. The van der Waals surface area contributed by atoms with E-state index in [4.69, 9.17) is 40.5 Å². The molecule has 50 heavy (non-hydrogen) atoms. The average molecular weight is 734 g/mol. The Bertz CT molecular complexity index is 1080. The highest BCUT2D eigenvalue weighted by Gasteiger charge is 2.49. The second-order valence-electron chi connectivity index (χ2n) is 15.2. The molecule has 1 saturated heterocycles. The van der Waals surface area contributed by atoms with Crippen LogP contribution in [-0.2, 0) is 27.4 Å². The Balaban J connectivity index is 1.41. The number of fused-ring (bicyclic) bond motifs is 1. The molecule has 0 aromatic heterocycles. The van der Waals surface area contributed by atoms with Crippen molar-refractivity contribution in [3.05, 3.63) is 0 Å². The lowest BCUT2D eigenvalue weighted by molar-refractivity contribution is -0.00767. The summed E-state index contributed by atoms with van der Waals surface area (Å²) in [6.07, 6.45) is 7.98.